The number of ether oxygens (including phenoxy) is 1. The van der Waals surface area contributed by atoms with Gasteiger partial charge in [-0.15, -0.1) is 0 Å². The number of hydrogen-bond acceptors (Lipinski definition) is 2. The lowest BCUT2D eigenvalue weighted by Crippen LogP contribution is -2.32. The van der Waals surface area contributed by atoms with E-state index in [1.54, 1.807) is 0 Å². The summed E-state index contributed by atoms with van der Waals surface area (Å²) in [6, 6.07) is 11.3. The third kappa shape index (κ3) is 4.43. The average Bonchev–Trinajstić information content (AvgIpc) is 2.92. The summed E-state index contributed by atoms with van der Waals surface area (Å²) in [6.45, 7) is 4.30. The molecule has 0 aliphatic carbocycles. The van der Waals surface area contributed by atoms with Gasteiger partial charge in [-0.05, 0) is 44.2 Å². The smallest absolute Gasteiger partial charge is 0.0588 e. The van der Waals surface area contributed by atoms with Crippen LogP contribution in [0.5, 0.6) is 0 Å². The highest BCUT2D eigenvalue weighted by molar-refractivity contribution is 5.15. The highest BCUT2D eigenvalue weighted by atomic mass is 16.5. The van der Waals surface area contributed by atoms with Gasteiger partial charge >= 0.3 is 0 Å². The van der Waals surface area contributed by atoms with Gasteiger partial charge in [0.05, 0.1) is 6.10 Å². The molecule has 1 saturated heterocycles. The van der Waals surface area contributed by atoms with Gasteiger partial charge in [0.15, 0.2) is 0 Å². The van der Waals surface area contributed by atoms with Crippen LogP contribution in [0.3, 0.4) is 0 Å². The van der Waals surface area contributed by atoms with Gasteiger partial charge in [-0.3, -0.25) is 0 Å². The number of benzene rings is 1. The molecular formula is C16H25NO. The first-order valence-corrected chi connectivity index (χ1v) is 7.27. The largest absolute Gasteiger partial charge is 0.378 e. The Kier molecular flexibility index (Phi) is 5.69. The van der Waals surface area contributed by atoms with E-state index in [0.717, 1.165) is 26.0 Å². The molecule has 18 heavy (non-hydrogen) atoms. The molecule has 1 fully saturated rings. The van der Waals surface area contributed by atoms with Crippen LogP contribution in [-0.2, 0) is 11.2 Å². The maximum Gasteiger partial charge on any atom is 0.0588 e. The Morgan fingerprint density at radius 2 is 2.17 bits per heavy atom. The number of hydrogen-bond donors (Lipinski definition) is 1. The zero-order chi connectivity index (χ0) is 12.6. The van der Waals surface area contributed by atoms with Crippen molar-refractivity contribution < 1.29 is 4.74 Å². The highest BCUT2D eigenvalue weighted by Gasteiger charge is 2.15. The second kappa shape index (κ2) is 7.55. The van der Waals surface area contributed by atoms with Gasteiger partial charge in [0.25, 0.3) is 0 Å². The van der Waals surface area contributed by atoms with E-state index in [0.29, 0.717) is 12.1 Å². The lowest BCUT2D eigenvalue weighted by Gasteiger charge is -2.18. The van der Waals surface area contributed by atoms with E-state index >= 15 is 0 Å². The molecule has 2 atom stereocenters. The summed E-state index contributed by atoms with van der Waals surface area (Å²) in [7, 11) is 0. The second-order valence-electron chi connectivity index (χ2n) is 5.17. The molecule has 1 aromatic carbocycles. The van der Waals surface area contributed by atoms with Gasteiger partial charge in [0, 0.05) is 12.6 Å². The van der Waals surface area contributed by atoms with Crippen LogP contribution in [0, 0.1) is 0 Å². The Hall–Kier alpha value is -0.860. The number of rotatable bonds is 7. The zero-order valence-corrected chi connectivity index (χ0v) is 11.4. The minimum absolute atomic E-state index is 0.506. The fourth-order valence-electron chi connectivity index (χ4n) is 2.58. The Balaban J connectivity index is 1.68. The maximum absolute atomic E-state index is 5.65. The van der Waals surface area contributed by atoms with Gasteiger partial charge in [-0.2, -0.15) is 0 Å². The zero-order valence-electron chi connectivity index (χ0n) is 11.4. The summed E-state index contributed by atoms with van der Waals surface area (Å²) in [5, 5.41) is 3.66. The second-order valence-corrected chi connectivity index (χ2v) is 5.17. The standard InChI is InChI=1S/C16H25NO/c1-2-15(13-14-7-4-3-5-8-14)17-11-10-16-9-6-12-18-16/h3-5,7-8,15-17H,2,6,9-13H2,1H3. The molecule has 1 aliphatic rings. The topological polar surface area (TPSA) is 21.3 Å². The molecule has 0 saturated carbocycles. The Morgan fingerprint density at radius 1 is 1.33 bits per heavy atom. The predicted octanol–water partition coefficient (Wildman–Crippen LogP) is 3.17. The molecule has 2 nitrogen and oxygen atoms in total. The van der Waals surface area contributed by atoms with Gasteiger partial charge < -0.3 is 10.1 Å². The molecule has 1 N–H and O–H groups in total. The molecule has 2 rings (SSSR count). The first-order valence-electron chi connectivity index (χ1n) is 7.27. The van der Waals surface area contributed by atoms with Crippen molar-refractivity contribution in [3.63, 3.8) is 0 Å². The van der Waals surface area contributed by atoms with Crippen LogP contribution >= 0.6 is 0 Å². The van der Waals surface area contributed by atoms with Crippen molar-refractivity contribution in [1.82, 2.24) is 5.32 Å². The Bertz CT molecular complexity index is 319. The molecule has 1 heterocycles. The van der Waals surface area contributed by atoms with E-state index in [4.69, 9.17) is 4.74 Å². The monoisotopic (exact) mass is 247 g/mol. The molecule has 2 unspecified atom stereocenters. The van der Waals surface area contributed by atoms with Gasteiger partial charge in [-0.1, -0.05) is 37.3 Å². The summed E-state index contributed by atoms with van der Waals surface area (Å²) in [6.07, 6.45) is 6.46. The van der Waals surface area contributed by atoms with Crippen molar-refractivity contribution in [3.05, 3.63) is 35.9 Å². The van der Waals surface area contributed by atoms with Crippen molar-refractivity contribution in [2.24, 2.45) is 0 Å². The van der Waals surface area contributed by atoms with E-state index in [1.807, 2.05) is 0 Å². The molecule has 0 spiro atoms. The van der Waals surface area contributed by atoms with Crippen molar-refractivity contribution in [2.75, 3.05) is 13.2 Å². The lowest BCUT2D eigenvalue weighted by atomic mass is 10.0. The van der Waals surface area contributed by atoms with Crippen molar-refractivity contribution in [3.8, 4) is 0 Å². The SMILES string of the molecule is CCC(Cc1ccccc1)NCCC1CCCO1. The molecule has 1 aliphatic heterocycles. The lowest BCUT2D eigenvalue weighted by molar-refractivity contribution is 0.103. The minimum Gasteiger partial charge on any atom is -0.378 e. The quantitative estimate of drug-likeness (QED) is 0.799. The van der Waals surface area contributed by atoms with Crippen LogP contribution in [-0.4, -0.2) is 25.3 Å². The van der Waals surface area contributed by atoms with E-state index < -0.39 is 0 Å². The molecule has 0 radical (unpaired) electrons. The molecule has 1 aromatic rings. The third-order valence-electron chi connectivity index (χ3n) is 3.74. The van der Waals surface area contributed by atoms with Gasteiger partial charge in [0.2, 0.25) is 0 Å². The Morgan fingerprint density at radius 3 is 2.83 bits per heavy atom. The van der Waals surface area contributed by atoms with Crippen molar-refractivity contribution in [1.29, 1.82) is 0 Å². The fraction of sp³-hybridized carbons (Fsp3) is 0.625. The predicted molar refractivity (Wildman–Crippen MR) is 75.8 cm³/mol. The van der Waals surface area contributed by atoms with E-state index in [9.17, 15) is 0 Å². The van der Waals surface area contributed by atoms with Crippen LogP contribution in [0.4, 0.5) is 0 Å². The van der Waals surface area contributed by atoms with E-state index in [1.165, 1.54) is 24.8 Å². The minimum atomic E-state index is 0.506. The molecular weight excluding hydrogens is 222 g/mol. The van der Waals surface area contributed by atoms with E-state index in [-0.39, 0.29) is 0 Å². The van der Waals surface area contributed by atoms with Gasteiger partial charge in [-0.25, -0.2) is 0 Å². The van der Waals surface area contributed by atoms with Crippen molar-refractivity contribution >= 4 is 0 Å². The Labute approximate surface area is 111 Å². The fourth-order valence-corrected chi connectivity index (χ4v) is 2.58. The summed E-state index contributed by atoms with van der Waals surface area (Å²) in [4.78, 5) is 0. The third-order valence-corrected chi connectivity index (χ3v) is 3.74. The molecule has 0 amide bonds. The highest BCUT2D eigenvalue weighted by Crippen LogP contribution is 2.14. The van der Waals surface area contributed by atoms with E-state index in [2.05, 4.69) is 42.6 Å². The first-order chi connectivity index (χ1) is 8.88. The molecule has 2 heteroatoms. The van der Waals surface area contributed by atoms with Gasteiger partial charge in [0.1, 0.15) is 0 Å². The van der Waals surface area contributed by atoms with Crippen LogP contribution in [0.15, 0.2) is 30.3 Å². The van der Waals surface area contributed by atoms with Crippen LogP contribution in [0.1, 0.15) is 38.2 Å². The molecule has 0 aromatic heterocycles. The number of nitrogens with one attached hydrogen (secondary N) is 1. The normalized spacial score (nSPS) is 21.1. The molecule has 0 bridgehead atoms. The van der Waals surface area contributed by atoms with Crippen LogP contribution in [0.2, 0.25) is 0 Å². The maximum atomic E-state index is 5.65. The average molecular weight is 247 g/mol. The van der Waals surface area contributed by atoms with Crippen LogP contribution in [0.25, 0.3) is 0 Å². The summed E-state index contributed by atoms with van der Waals surface area (Å²) in [5.74, 6) is 0. The van der Waals surface area contributed by atoms with Crippen molar-refractivity contribution in [2.45, 2.75) is 51.2 Å². The van der Waals surface area contributed by atoms with Crippen LogP contribution < -0.4 is 5.32 Å². The summed E-state index contributed by atoms with van der Waals surface area (Å²) >= 11 is 0. The summed E-state index contributed by atoms with van der Waals surface area (Å²) in [5.41, 5.74) is 1.42. The summed E-state index contributed by atoms with van der Waals surface area (Å²) < 4.78 is 5.65. The molecule has 100 valence electrons. The first kappa shape index (κ1) is 13.6.